The Hall–Kier alpha value is 0.467. The topological polar surface area (TPSA) is 9.23 Å². The minimum absolute atomic E-state index is 0.0705. The molecule has 0 heterocycles. The van der Waals surface area contributed by atoms with Crippen LogP contribution in [0.2, 0.25) is 0 Å². The van der Waals surface area contributed by atoms with Gasteiger partial charge in [0, 0.05) is 11.5 Å². The van der Waals surface area contributed by atoms with Gasteiger partial charge in [-0.2, -0.15) is 0 Å². The molecule has 0 N–H and O–H groups in total. The zero-order chi connectivity index (χ0) is 7.33. The second-order valence-corrected chi connectivity index (χ2v) is 3.54. The van der Waals surface area contributed by atoms with Crippen molar-refractivity contribution in [1.82, 2.24) is 0 Å². The van der Waals surface area contributed by atoms with E-state index in [4.69, 9.17) is 16.0 Å². The first-order valence-corrected chi connectivity index (χ1v) is 4.58. The highest BCUT2D eigenvalue weighted by Crippen LogP contribution is 2.14. The van der Waals surface area contributed by atoms with Crippen molar-refractivity contribution in [2.45, 2.75) is 32.3 Å². The lowest BCUT2D eigenvalue weighted by atomic mass is 10.0. The third-order valence-corrected chi connectivity index (χ3v) is 2.84. The molecule has 0 aliphatic carbocycles. The molecule has 0 spiro atoms. The lowest BCUT2D eigenvalue weighted by molar-refractivity contribution is 0.112. The van der Waals surface area contributed by atoms with E-state index >= 15 is 0 Å². The molecule has 0 amide bonds. The fourth-order valence-corrected chi connectivity index (χ4v) is 0.932. The molecular formula is C6H15ClOSi. The first kappa shape index (κ1) is 9.47. The average Bonchev–Trinajstić information content (AvgIpc) is 1.84. The maximum absolute atomic E-state index is 5.52. The molecule has 56 valence electrons. The summed E-state index contributed by atoms with van der Waals surface area (Å²) in [6.45, 7) is 4.21. The average molecular weight is 167 g/mol. The minimum atomic E-state index is 0.0705. The minimum Gasteiger partial charge on any atom is -0.423 e. The molecule has 3 heteroatoms. The van der Waals surface area contributed by atoms with E-state index in [1.54, 1.807) is 0 Å². The van der Waals surface area contributed by atoms with Gasteiger partial charge in [0.05, 0.1) is 0 Å². The SMILES string of the molecule is CC(C)(CCCCl)O[SiH3]. The Bertz CT molecular complexity index is 75.5. The van der Waals surface area contributed by atoms with E-state index in [1.807, 2.05) is 0 Å². The van der Waals surface area contributed by atoms with E-state index in [0.29, 0.717) is 0 Å². The van der Waals surface area contributed by atoms with Gasteiger partial charge in [-0.05, 0) is 26.7 Å². The molecule has 0 saturated carbocycles. The number of alkyl halides is 1. The third kappa shape index (κ3) is 4.94. The van der Waals surface area contributed by atoms with Crippen LogP contribution in [0.3, 0.4) is 0 Å². The summed E-state index contributed by atoms with van der Waals surface area (Å²) in [5.74, 6) is 0.744. The molecule has 0 aromatic heterocycles. The quantitative estimate of drug-likeness (QED) is 0.449. The normalized spacial score (nSPS) is 12.3. The van der Waals surface area contributed by atoms with Gasteiger partial charge in [0.1, 0.15) is 10.5 Å². The molecule has 0 aromatic carbocycles. The van der Waals surface area contributed by atoms with Crippen molar-refractivity contribution in [3.8, 4) is 0 Å². The van der Waals surface area contributed by atoms with Crippen molar-refractivity contribution in [1.29, 1.82) is 0 Å². The molecule has 0 fully saturated rings. The van der Waals surface area contributed by atoms with Crippen molar-refractivity contribution in [3.05, 3.63) is 0 Å². The number of rotatable bonds is 4. The summed E-state index contributed by atoms with van der Waals surface area (Å²) >= 11 is 5.52. The van der Waals surface area contributed by atoms with Crippen LogP contribution in [0.5, 0.6) is 0 Å². The van der Waals surface area contributed by atoms with E-state index in [-0.39, 0.29) is 5.60 Å². The lowest BCUT2D eigenvalue weighted by Crippen LogP contribution is -2.22. The maximum atomic E-state index is 5.52. The monoisotopic (exact) mass is 166 g/mol. The standard InChI is InChI=1S/C6H15ClOSi/c1-6(2,8-9)4-3-5-7/h3-5H2,1-2,9H3. The van der Waals surface area contributed by atoms with Gasteiger partial charge in [-0.15, -0.1) is 11.6 Å². The van der Waals surface area contributed by atoms with Crippen LogP contribution in [0.4, 0.5) is 0 Å². The van der Waals surface area contributed by atoms with Gasteiger partial charge < -0.3 is 4.43 Å². The molecule has 1 nitrogen and oxygen atoms in total. The molecule has 0 aliphatic rings. The molecule has 0 aliphatic heterocycles. The van der Waals surface area contributed by atoms with E-state index in [0.717, 1.165) is 29.2 Å². The van der Waals surface area contributed by atoms with Crippen LogP contribution >= 0.6 is 11.6 Å². The van der Waals surface area contributed by atoms with Crippen LogP contribution in [0.25, 0.3) is 0 Å². The Morgan fingerprint density at radius 2 is 2.11 bits per heavy atom. The lowest BCUT2D eigenvalue weighted by Gasteiger charge is -2.22. The Labute approximate surface area is 65.3 Å². The largest absolute Gasteiger partial charge is 0.423 e. The van der Waals surface area contributed by atoms with Gasteiger partial charge in [0.15, 0.2) is 0 Å². The van der Waals surface area contributed by atoms with E-state index in [2.05, 4.69) is 13.8 Å². The Kier molecular flexibility index (Phi) is 4.53. The number of hydrogen-bond donors (Lipinski definition) is 0. The first-order valence-electron chi connectivity index (χ1n) is 3.23. The fraction of sp³-hybridized carbons (Fsp3) is 1.00. The van der Waals surface area contributed by atoms with Crippen molar-refractivity contribution in [3.63, 3.8) is 0 Å². The van der Waals surface area contributed by atoms with Gasteiger partial charge in [-0.1, -0.05) is 0 Å². The Balaban J connectivity index is 3.33. The van der Waals surface area contributed by atoms with Gasteiger partial charge >= 0.3 is 0 Å². The summed E-state index contributed by atoms with van der Waals surface area (Å²) in [6, 6.07) is 0. The summed E-state index contributed by atoms with van der Waals surface area (Å²) in [5.41, 5.74) is 0.0705. The van der Waals surface area contributed by atoms with Crippen molar-refractivity contribution in [2.24, 2.45) is 0 Å². The highest BCUT2D eigenvalue weighted by atomic mass is 35.5. The molecule has 0 unspecified atom stereocenters. The zero-order valence-electron chi connectivity index (χ0n) is 6.41. The molecular weight excluding hydrogens is 152 g/mol. The summed E-state index contributed by atoms with van der Waals surface area (Å²) < 4.78 is 5.32. The van der Waals surface area contributed by atoms with Crippen molar-refractivity contribution >= 4 is 22.1 Å². The molecule has 0 radical (unpaired) electrons. The van der Waals surface area contributed by atoms with Crippen molar-refractivity contribution < 1.29 is 4.43 Å². The van der Waals surface area contributed by atoms with Crippen LogP contribution < -0.4 is 0 Å². The summed E-state index contributed by atoms with van der Waals surface area (Å²) in [6.07, 6.45) is 2.12. The van der Waals surface area contributed by atoms with Crippen LogP contribution in [0.1, 0.15) is 26.7 Å². The molecule has 0 saturated heterocycles. The van der Waals surface area contributed by atoms with Gasteiger partial charge in [-0.25, -0.2) is 0 Å². The van der Waals surface area contributed by atoms with Crippen molar-refractivity contribution in [2.75, 3.05) is 5.88 Å². The van der Waals surface area contributed by atoms with Gasteiger partial charge in [0.2, 0.25) is 0 Å². The molecule has 0 aromatic rings. The second kappa shape index (κ2) is 4.31. The second-order valence-electron chi connectivity index (χ2n) is 2.76. The van der Waals surface area contributed by atoms with Crippen LogP contribution in [-0.4, -0.2) is 22.0 Å². The summed E-state index contributed by atoms with van der Waals surface area (Å²) in [7, 11) is 0.821. The number of halogens is 1. The molecule has 0 bridgehead atoms. The van der Waals surface area contributed by atoms with Crippen LogP contribution in [-0.2, 0) is 4.43 Å². The molecule has 0 rings (SSSR count). The molecule has 9 heavy (non-hydrogen) atoms. The smallest absolute Gasteiger partial charge is 0.146 e. The number of hydrogen-bond acceptors (Lipinski definition) is 1. The summed E-state index contributed by atoms with van der Waals surface area (Å²) in [5, 5.41) is 0. The summed E-state index contributed by atoms with van der Waals surface area (Å²) in [4.78, 5) is 0. The third-order valence-electron chi connectivity index (χ3n) is 1.47. The van der Waals surface area contributed by atoms with Gasteiger partial charge in [0.25, 0.3) is 0 Å². The zero-order valence-corrected chi connectivity index (χ0v) is 9.16. The maximum Gasteiger partial charge on any atom is 0.146 e. The fourth-order valence-electron chi connectivity index (χ4n) is 0.595. The van der Waals surface area contributed by atoms with Gasteiger partial charge in [-0.3, -0.25) is 0 Å². The van der Waals surface area contributed by atoms with Crippen LogP contribution in [0, 0.1) is 0 Å². The Morgan fingerprint density at radius 3 is 2.44 bits per heavy atom. The first-order chi connectivity index (χ1) is 4.12. The predicted octanol–water partition coefficient (Wildman–Crippen LogP) is 1.08. The van der Waals surface area contributed by atoms with E-state index in [9.17, 15) is 0 Å². The highest BCUT2D eigenvalue weighted by molar-refractivity contribution is 6.17. The van der Waals surface area contributed by atoms with E-state index in [1.165, 1.54) is 0 Å². The Morgan fingerprint density at radius 1 is 1.56 bits per heavy atom. The van der Waals surface area contributed by atoms with Crippen LogP contribution in [0.15, 0.2) is 0 Å². The molecule has 0 atom stereocenters. The van der Waals surface area contributed by atoms with E-state index < -0.39 is 0 Å². The highest BCUT2D eigenvalue weighted by Gasteiger charge is 2.13. The predicted molar refractivity (Wildman–Crippen MR) is 45.1 cm³/mol.